The van der Waals surface area contributed by atoms with Gasteiger partial charge in [-0.15, -0.1) is 0 Å². The lowest BCUT2D eigenvalue weighted by Crippen LogP contribution is -2.28. The molecule has 17 heavy (non-hydrogen) atoms. The SMILES string of the molecule is COC(=O)c1ccc(CNC[C@H](O)CO)cc1. The number of carbonyl (C=O) groups excluding carboxylic acids is 1. The standard InChI is InChI=1S/C12H17NO4/c1-17-12(16)10-4-2-9(3-5-10)6-13-7-11(15)8-14/h2-5,11,13-15H,6-8H2,1H3/t11-/m0/s1. The first-order valence-electron chi connectivity index (χ1n) is 5.34. The molecular formula is C12H17NO4. The van der Waals surface area contributed by atoms with Crippen LogP contribution in [0.4, 0.5) is 0 Å². The molecule has 0 aliphatic carbocycles. The number of esters is 1. The van der Waals surface area contributed by atoms with Crippen LogP contribution in [0.15, 0.2) is 24.3 Å². The molecule has 1 atom stereocenters. The quantitative estimate of drug-likeness (QED) is 0.605. The van der Waals surface area contributed by atoms with E-state index in [4.69, 9.17) is 10.2 Å². The van der Waals surface area contributed by atoms with Gasteiger partial charge in [0.05, 0.1) is 25.4 Å². The van der Waals surface area contributed by atoms with Gasteiger partial charge in [0.15, 0.2) is 0 Å². The van der Waals surface area contributed by atoms with E-state index in [1.807, 2.05) is 12.1 Å². The van der Waals surface area contributed by atoms with E-state index < -0.39 is 6.10 Å². The topological polar surface area (TPSA) is 78.8 Å². The van der Waals surface area contributed by atoms with Crippen LogP contribution in [0.25, 0.3) is 0 Å². The molecule has 0 spiro atoms. The minimum absolute atomic E-state index is 0.256. The molecule has 0 radical (unpaired) electrons. The van der Waals surface area contributed by atoms with Gasteiger partial charge in [0.2, 0.25) is 0 Å². The van der Waals surface area contributed by atoms with Gasteiger partial charge in [0, 0.05) is 13.1 Å². The zero-order chi connectivity index (χ0) is 12.7. The van der Waals surface area contributed by atoms with Crippen LogP contribution in [0.3, 0.4) is 0 Å². The maximum atomic E-state index is 11.2. The number of hydrogen-bond donors (Lipinski definition) is 3. The molecule has 5 heteroatoms. The Bertz CT molecular complexity index is 350. The highest BCUT2D eigenvalue weighted by molar-refractivity contribution is 5.89. The molecule has 0 amide bonds. The third kappa shape index (κ3) is 4.52. The van der Waals surface area contributed by atoms with Crippen molar-refractivity contribution in [1.29, 1.82) is 0 Å². The molecule has 0 aromatic heterocycles. The van der Waals surface area contributed by atoms with Gasteiger partial charge in [0.25, 0.3) is 0 Å². The molecule has 0 aliphatic rings. The summed E-state index contributed by atoms with van der Waals surface area (Å²) < 4.78 is 4.59. The number of carbonyl (C=O) groups is 1. The van der Waals surface area contributed by atoms with Crippen LogP contribution in [0, 0.1) is 0 Å². The molecule has 1 aromatic rings. The highest BCUT2D eigenvalue weighted by Gasteiger charge is 2.04. The van der Waals surface area contributed by atoms with Crippen LogP contribution < -0.4 is 5.32 Å². The summed E-state index contributed by atoms with van der Waals surface area (Å²) in [6, 6.07) is 6.99. The zero-order valence-electron chi connectivity index (χ0n) is 9.72. The monoisotopic (exact) mass is 239 g/mol. The van der Waals surface area contributed by atoms with E-state index in [9.17, 15) is 4.79 Å². The number of aliphatic hydroxyl groups is 2. The van der Waals surface area contributed by atoms with E-state index in [0.717, 1.165) is 5.56 Å². The predicted octanol–water partition coefficient (Wildman–Crippen LogP) is -0.0840. The number of nitrogens with one attached hydrogen (secondary N) is 1. The van der Waals surface area contributed by atoms with Gasteiger partial charge in [0.1, 0.15) is 0 Å². The maximum absolute atomic E-state index is 11.2. The fraction of sp³-hybridized carbons (Fsp3) is 0.417. The Labute approximate surface area is 100 Å². The molecule has 1 aromatic carbocycles. The molecule has 0 unspecified atom stereocenters. The van der Waals surface area contributed by atoms with Gasteiger partial charge in [-0.25, -0.2) is 4.79 Å². The maximum Gasteiger partial charge on any atom is 0.337 e. The van der Waals surface area contributed by atoms with Crippen LogP contribution in [0.1, 0.15) is 15.9 Å². The van der Waals surface area contributed by atoms with Gasteiger partial charge < -0.3 is 20.3 Å². The number of rotatable bonds is 6. The number of aliphatic hydroxyl groups excluding tert-OH is 2. The summed E-state index contributed by atoms with van der Waals surface area (Å²) in [5.74, 6) is -0.361. The van der Waals surface area contributed by atoms with Crippen LogP contribution in [0.5, 0.6) is 0 Å². The van der Waals surface area contributed by atoms with E-state index in [-0.39, 0.29) is 12.6 Å². The number of benzene rings is 1. The Morgan fingerprint density at radius 1 is 1.41 bits per heavy atom. The Morgan fingerprint density at radius 2 is 2.06 bits per heavy atom. The summed E-state index contributed by atoms with van der Waals surface area (Å²) in [7, 11) is 1.34. The lowest BCUT2D eigenvalue weighted by Gasteiger charge is -2.09. The molecule has 0 saturated carbocycles. The van der Waals surface area contributed by atoms with Gasteiger partial charge in [-0.1, -0.05) is 12.1 Å². The summed E-state index contributed by atoms with van der Waals surface area (Å²) in [4.78, 5) is 11.2. The van der Waals surface area contributed by atoms with Gasteiger partial charge in [-0.05, 0) is 17.7 Å². The van der Waals surface area contributed by atoms with Crippen LogP contribution in [-0.4, -0.2) is 42.5 Å². The van der Waals surface area contributed by atoms with E-state index in [1.165, 1.54) is 7.11 Å². The largest absolute Gasteiger partial charge is 0.465 e. The minimum atomic E-state index is -0.746. The highest BCUT2D eigenvalue weighted by atomic mass is 16.5. The fourth-order valence-corrected chi connectivity index (χ4v) is 1.32. The lowest BCUT2D eigenvalue weighted by molar-refractivity contribution is 0.0600. The molecule has 0 heterocycles. The molecule has 5 nitrogen and oxygen atoms in total. The average Bonchev–Trinajstić information content (AvgIpc) is 2.38. The van der Waals surface area contributed by atoms with Crippen molar-refractivity contribution >= 4 is 5.97 Å². The summed E-state index contributed by atoms with van der Waals surface area (Å²) in [6.45, 7) is 0.641. The Balaban J connectivity index is 2.43. The van der Waals surface area contributed by atoms with Crippen molar-refractivity contribution in [3.63, 3.8) is 0 Å². The van der Waals surface area contributed by atoms with Gasteiger partial charge in [-0.3, -0.25) is 0 Å². The van der Waals surface area contributed by atoms with Crippen molar-refractivity contribution < 1.29 is 19.7 Å². The van der Waals surface area contributed by atoms with Gasteiger partial charge in [-0.2, -0.15) is 0 Å². The Hall–Kier alpha value is -1.43. The summed E-state index contributed by atoms with van der Waals surface area (Å²) >= 11 is 0. The molecule has 1 rings (SSSR count). The van der Waals surface area contributed by atoms with Gasteiger partial charge >= 0.3 is 5.97 Å². The van der Waals surface area contributed by atoms with Crippen LogP contribution in [0.2, 0.25) is 0 Å². The van der Waals surface area contributed by atoms with Crippen molar-refractivity contribution in [2.45, 2.75) is 12.6 Å². The molecule has 0 aliphatic heterocycles. The smallest absolute Gasteiger partial charge is 0.337 e. The third-order valence-corrected chi connectivity index (χ3v) is 2.29. The molecule has 94 valence electrons. The normalized spacial score (nSPS) is 12.2. The summed E-state index contributed by atoms with van der Waals surface area (Å²) in [6.07, 6.45) is -0.746. The molecular weight excluding hydrogens is 222 g/mol. The van der Waals surface area contributed by atoms with Crippen molar-refractivity contribution in [3.8, 4) is 0 Å². The number of methoxy groups -OCH3 is 1. The summed E-state index contributed by atoms with van der Waals surface area (Å²) in [5.41, 5.74) is 1.49. The van der Waals surface area contributed by atoms with Crippen molar-refractivity contribution in [3.05, 3.63) is 35.4 Å². The first-order valence-corrected chi connectivity index (χ1v) is 5.34. The van der Waals surface area contributed by atoms with E-state index in [2.05, 4.69) is 10.1 Å². The zero-order valence-corrected chi connectivity index (χ0v) is 9.72. The number of ether oxygens (including phenoxy) is 1. The number of hydrogen-bond acceptors (Lipinski definition) is 5. The first-order chi connectivity index (χ1) is 8.17. The van der Waals surface area contributed by atoms with Crippen molar-refractivity contribution in [1.82, 2.24) is 5.32 Å². The summed E-state index contributed by atoms with van der Waals surface area (Å²) in [5, 5.41) is 20.7. The first kappa shape index (κ1) is 13.6. The second kappa shape index (κ2) is 7.01. The molecule has 0 saturated heterocycles. The average molecular weight is 239 g/mol. The van der Waals surface area contributed by atoms with E-state index in [0.29, 0.717) is 18.7 Å². The molecule has 3 N–H and O–H groups in total. The van der Waals surface area contributed by atoms with Crippen LogP contribution in [-0.2, 0) is 11.3 Å². The minimum Gasteiger partial charge on any atom is -0.465 e. The second-order valence-corrected chi connectivity index (χ2v) is 3.66. The molecule has 0 bridgehead atoms. The van der Waals surface area contributed by atoms with Crippen LogP contribution >= 0.6 is 0 Å². The second-order valence-electron chi connectivity index (χ2n) is 3.66. The fourth-order valence-electron chi connectivity index (χ4n) is 1.32. The van der Waals surface area contributed by atoms with Crippen molar-refractivity contribution in [2.24, 2.45) is 0 Å². The predicted molar refractivity (Wildman–Crippen MR) is 62.6 cm³/mol. The lowest BCUT2D eigenvalue weighted by atomic mass is 10.1. The van der Waals surface area contributed by atoms with E-state index in [1.54, 1.807) is 12.1 Å². The highest BCUT2D eigenvalue weighted by Crippen LogP contribution is 2.05. The van der Waals surface area contributed by atoms with E-state index >= 15 is 0 Å². The molecule has 0 fully saturated rings. The third-order valence-electron chi connectivity index (χ3n) is 2.29. The Kier molecular flexibility index (Phi) is 5.62. The Morgan fingerprint density at radius 3 is 2.59 bits per heavy atom. The van der Waals surface area contributed by atoms with Crippen molar-refractivity contribution in [2.75, 3.05) is 20.3 Å².